The average molecular weight is 543 g/mol. The largest absolute Gasteiger partial charge is 0.463 e. The van der Waals surface area contributed by atoms with E-state index in [1.54, 1.807) is 6.07 Å². The molecule has 0 bridgehead atoms. The summed E-state index contributed by atoms with van der Waals surface area (Å²) in [4.78, 5) is 22.7. The number of fused-ring (bicyclic) bond motifs is 1. The Hall–Kier alpha value is -2.54. The van der Waals surface area contributed by atoms with Gasteiger partial charge in [0.15, 0.2) is 11.5 Å². The van der Waals surface area contributed by atoms with Gasteiger partial charge >= 0.3 is 0 Å². The van der Waals surface area contributed by atoms with Crippen LogP contribution < -0.4 is 15.8 Å². The molecule has 1 aliphatic heterocycles. The number of thiophene rings is 1. The van der Waals surface area contributed by atoms with Gasteiger partial charge in [-0.05, 0) is 50.0 Å². The molecule has 9 heteroatoms. The molecule has 1 saturated carbocycles. The summed E-state index contributed by atoms with van der Waals surface area (Å²) in [5.74, 6) is 2.01. The summed E-state index contributed by atoms with van der Waals surface area (Å²) in [6.07, 6.45) is 6.54. The number of aliphatic imine (C=N–C) groups is 1. The van der Waals surface area contributed by atoms with Crippen molar-refractivity contribution in [1.29, 1.82) is 0 Å². The molecule has 0 radical (unpaired) electrons. The van der Waals surface area contributed by atoms with Crippen LogP contribution in [0.1, 0.15) is 65.9 Å². The summed E-state index contributed by atoms with van der Waals surface area (Å²) in [5.41, 5.74) is 7.59. The fraction of sp³-hybridized carbons (Fsp3) is 0.464. The lowest BCUT2D eigenvalue weighted by Crippen LogP contribution is -2.41. The van der Waals surface area contributed by atoms with E-state index in [-0.39, 0.29) is 0 Å². The monoisotopic (exact) mass is 542 g/mol. The summed E-state index contributed by atoms with van der Waals surface area (Å²) >= 11 is 1.50. The lowest BCUT2D eigenvalue weighted by atomic mass is 9.84. The predicted octanol–water partition coefficient (Wildman–Crippen LogP) is 6.85. The van der Waals surface area contributed by atoms with Crippen LogP contribution in [0.5, 0.6) is 5.88 Å². The first-order chi connectivity index (χ1) is 17.7. The van der Waals surface area contributed by atoms with Gasteiger partial charge in [0.1, 0.15) is 11.9 Å². The Bertz CT molecular complexity index is 1210. The molecule has 1 atom stereocenters. The number of nitrogen functional groups attached to an aromatic ring is 1. The molecule has 0 amide bonds. The van der Waals surface area contributed by atoms with Crippen molar-refractivity contribution >= 4 is 41.2 Å². The standard InChI is InChI=1S/C14H14N4O.C12H19O2PS.C2H6/c1-14(2)11(9-6-4-3-5-7-9)18-10-12(15)16-8-17-13(10)19-14;1-10-2-4-11(5-3-10)8-15(13,14)12-6-7-16-9-12;1-2/h3-8H,1-2H3,(H2,15,16,17);6-7,9-11H,2-5,8H2,1H3,(H,13,14);1-2H3. The van der Waals surface area contributed by atoms with E-state index < -0.39 is 13.0 Å². The Balaban J connectivity index is 0.000000195. The van der Waals surface area contributed by atoms with Crippen molar-refractivity contribution in [3.8, 4) is 5.88 Å². The van der Waals surface area contributed by atoms with Gasteiger partial charge < -0.3 is 15.4 Å². The third-order valence-corrected chi connectivity index (χ3v) is 9.52. The molecule has 0 saturated heterocycles. The molecule has 2 aliphatic rings. The van der Waals surface area contributed by atoms with E-state index in [2.05, 4.69) is 21.9 Å². The minimum atomic E-state index is -3.07. The highest BCUT2D eigenvalue weighted by molar-refractivity contribution is 7.66. The van der Waals surface area contributed by atoms with Crippen molar-refractivity contribution in [2.45, 2.75) is 65.9 Å². The Morgan fingerprint density at radius 1 is 1.11 bits per heavy atom. The second-order valence-electron chi connectivity index (χ2n) is 9.84. The minimum Gasteiger partial charge on any atom is -0.463 e. The lowest BCUT2D eigenvalue weighted by molar-refractivity contribution is 0.171. The van der Waals surface area contributed by atoms with E-state index in [0.717, 1.165) is 30.0 Å². The fourth-order valence-corrected chi connectivity index (χ4v) is 7.57. The number of rotatable bonds is 4. The molecule has 200 valence electrons. The Kier molecular flexibility index (Phi) is 10.0. The Morgan fingerprint density at radius 2 is 1.78 bits per heavy atom. The highest BCUT2D eigenvalue weighted by Crippen LogP contribution is 2.45. The van der Waals surface area contributed by atoms with E-state index in [1.165, 1.54) is 30.5 Å². The van der Waals surface area contributed by atoms with Crippen LogP contribution in [-0.2, 0) is 4.57 Å². The number of anilines is 1. The van der Waals surface area contributed by atoms with Crippen LogP contribution >= 0.6 is 18.7 Å². The predicted molar refractivity (Wildman–Crippen MR) is 155 cm³/mol. The topological polar surface area (TPSA) is 111 Å². The molecule has 3 aromatic rings. The summed E-state index contributed by atoms with van der Waals surface area (Å²) in [6, 6.07) is 11.7. The van der Waals surface area contributed by atoms with Crippen molar-refractivity contribution in [2.24, 2.45) is 16.8 Å². The first-order valence-corrected chi connectivity index (χ1v) is 15.7. The van der Waals surface area contributed by atoms with E-state index in [1.807, 2.05) is 68.8 Å². The van der Waals surface area contributed by atoms with E-state index in [9.17, 15) is 9.46 Å². The molecule has 1 aromatic carbocycles. The van der Waals surface area contributed by atoms with Gasteiger partial charge in [0.2, 0.25) is 13.2 Å². The van der Waals surface area contributed by atoms with Crippen molar-refractivity contribution in [3.05, 3.63) is 59.0 Å². The van der Waals surface area contributed by atoms with Crippen LogP contribution in [0, 0.1) is 11.8 Å². The van der Waals surface area contributed by atoms with Gasteiger partial charge in [-0.3, -0.25) is 4.57 Å². The van der Waals surface area contributed by atoms with Crippen LogP contribution in [0.25, 0.3) is 0 Å². The zero-order valence-corrected chi connectivity index (χ0v) is 24.1. The summed E-state index contributed by atoms with van der Waals surface area (Å²) < 4.78 is 18.1. The molecule has 3 N–H and O–H groups in total. The first-order valence-electron chi connectivity index (χ1n) is 12.9. The molecular weight excluding hydrogens is 503 g/mol. The molecule has 7 nitrogen and oxygen atoms in total. The molecule has 0 spiro atoms. The smallest absolute Gasteiger partial charge is 0.246 e. The van der Waals surface area contributed by atoms with E-state index in [4.69, 9.17) is 10.5 Å². The van der Waals surface area contributed by atoms with E-state index >= 15 is 0 Å². The van der Waals surface area contributed by atoms with Crippen LogP contribution in [0.3, 0.4) is 0 Å². The lowest BCUT2D eigenvalue weighted by Gasteiger charge is -2.32. The number of ether oxygens (including phenoxy) is 1. The quantitative estimate of drug-likeness (QED) is 0.349. The SMILES string of the molecule is CC.CC1(C)Oc2ncnc(N)c2N=C1c1ccccc1.CC1CCC(CP(=O)(O)c2ccsc2)CC1. The highest BCUT2D eigenvalue weighted by atomic mass is 32.1. The maximum absolute atomic E-state index is 12.2. The molecule has 5 rings (SSSR count). The van der Waals surface area contributed by atoms with Crippen molar-refractivity contribution in [1.82, 2.24) is 9.97 Å². The van der Waals surface area contributed by atoms with Gasteiger partial charge in [-0.2, -0.15) is 16.3 Å². The van der Waals surface area contributed by atoms with Crippen LogP contribution in [0.4, 0.5) is 11.5 Å². The summed E-state index contributed by atoms with van der Waals surface area (Å²) in [5, 5.41) is 4.34. The van der Waals surface area contributed by atoms with Gasteiger partial charge in [-0.25, -0.2) is 9.98 Å². The molecule has 3 heterocycles. The minimum absolute atomic E-state index is 0.328. The molecule has 37 heavy (non-hydrogen) atoms. The number of nitrogens with two attached hydrogens (primary N) is 1. The number of hydrogen-bond acceptors (Lipinski definition) is 7. The number of aromatic nitrogens is 2. The number of hydrogen-bond donors (Lipinski definition) is 2. The molecule has 2 aromatic heterocycles. The Morgan fingerprint density at radius 3 is 2.41 bits per heavy atom. The molecular formula is C28H39N4O3PS. The summed E-state index contributed by atoms with van der Waals surface area (Å²) in [7, 11) is -3.07. The molecule has 1 fully saturated rings. The third kappa shape index (κ3) is 7.50. The average Bonchev–Trinajstić information content (AvgIpc) is 3.43. The van der Waals surface area contributed by atoms with Crippen molar-refractivity contribution < 1.29 is 14.2 Å². The first kappa shape index (κ1) is 29.0. The zero-order valence-electron chi connectivity index (χ0n) is 22.4. The number of nitrogens with zero attached hydrogens (tertiary/aromatic N) is 3. The van der Waals surface area contributed by atoms with Crippen LogP contribution in [0.2, 0.25) is 0 Å². The Labute approximate surface area is 224 Å². The van der Waals surface area contributed by atoms with Gasteiger partial charge in [0.25, 0.3) is 0 Å². The molecule has 1 unspecified atom stereocenters. The van der Waals surface area contributed by atoms with Crippen molar-refractivity contribution in [3.63, 3.8) is 0 Å². The van der Waals surface area contributed by atoms with E-state index in [0.29, 0.717) is 34.8 Å². The maximum atomic E-state index is 12.2. The van der Waals surface area contributed by atoms with Crippen molar-refractivity contribution in [2.75, 3.05) is 11.9 Å². The number of benzene rings is 1. The fourth-order valence-electron chi connectivity index (χ4n) is 4.52. The van der Waals surface area contributed by atoms with Crippen LogP contribution in [-0.4, -0.2) is 32.3 Å². The van der Waals surface area contributed by atoms with Gasteiger partial charge in [-0.15, -0.1) is 0 Å². The second-order valence-corrected chi connectivity index (χ2v) is 12.9. The van der Waals surface area contributed by atoms with Crippen LogP contribution in [0.15, 0.2) is 58.5 Å². The normalized spacial score (nSPS) is 21.4. The molecule has 1 aliphatic carbocycles. The third-order valence-electron chi connectivity index (χ3n) is 6.56. The van der Waals surface area contributed by atoms with Gasteiger partial charge in [0, 0.05) is 22.4 Å². The van der Waals surface area contributed by atoms with Gasteiger partial charge in [0.05, 0.1) is 5.71 Å². The highest BCUT2D eigenvalue weighted by Gasteiger charge is 2.35. The zero-order chi connectivity index (χ0) is 27.1. The van der Waals surface area contributed by atoms with Gasteiger partial charge in [-0.1, -0.05) is 63.9 Å². The maximum Gasteiger partial charge on any atom is 0.246 e. The summed E-state index contributed by atoms with van der Waals surface area (Å²) in [6.45, 7) is 10.2. The second kappa shape index (κ2) is 12.8.